The lowest BCUT2D eigenvalue weighted by Gasteiger charge is -2.59. The Bertz CT molecular complexity index is 464. The summed E-state index contributed by atoms with van der Waals surface area (Å²) in [4.78, 5) is 0. The zero-order valence-electron chi connectivity index (χ0n) is 15.0. The van der Waals surface area contributed by atoms with Crippen molar-refractivity contribution in [3.8, 4) is 0 Å². The molecular formula is C20H34O2. The van der Waals surface area contributed by atoms with E-state index < -0.39 is 5.60 Å². The van der Waals surface area contributed by atoms with Crippen molar-refractivity contribution >= 4 is 0 Å². The molecule has 0 spiro atoms. The van der Waals surface area contributed by atoms with E-state index in [-0.39, 0.29) is 16.9 Å². The fourth-order valence-corrected chi connectivity index (χ4v) is 4.93. The van der Waals surface area contributed by atoms with Gasteiger partial charge in [0.2, 0.25) is 0 Å². The first-order chi connectivity index (χ1) is 10.0. The van der Waals surface area contributed by atoms with Crippen LogP contribution in [-0.2, 0) is 0 Å². The van der Waals surface area contributed by atoms with Crippen molar-refractivity contribution in [1.82, 2.24) is 0 Å². The molecule has 6 atom stereocenters. The summed E-state index contributed by atoms with van der Waals surface area (Å²) in [5.74, 6) is 1.09. The minimum atomic E-state index is -0.797. The number of allylic oxidation sites excluding steroid dienone is 1. The van der Waals surface area contributed by atoms with E-state index in [1.807, 2.05) is 6.92 Å². The Labute approximate surface area is 136 Å². The first-order valence-corrected chi connectivity index (χ1v) is 8.78. The summed E-state index contributed by atoms with van der Waals surface area (Å²) in [5.41, 5.74) is 0.899. The molecular weight excluding hydrogens is 272 g/mol. The smallest absolute Gasteiger partial charge is 0.0797 e. The monoisotopic (exact) mass is 306 g/mol. The molecule has 0 aromatic heterocycles. The second kappa shape index (κ2) is 5.79. The molecule has 22 heavy (non-hydrogen) atoms. The van der Waals surface area contributed by atoms with Gasteiger partial charge in [-0.3, -0.25) is 0 Å². The molecule has 0 amide bonds. The molecule has 0 saturated heterocycles. The van der Waals surface area contributed by atoms with Crippen molar-refractivity contribution in [1.29, 1.82) is 0 Å². The third kappa shape index (κ3) is 2.92. The predicted octanol–water partition coefficient (Wildman–Crippen LogP) is 4.47. The molecule has 0 heterocycles. The standard InChI is InChI=1S/C20H34O2/c1-7-18(4,22)10-11-20(6)14(2)8-9-19(5)15(3)12-16(21)13-17(19)20/h7,12,14,16-17,21-22H,1,8-11,13H2,2-6H3/t14?,16?,17-,18?,19-,20-/m0/s1. The van der Waals surface area contributed by atoms with Crippen LogP contribution >= 0.6 is 0 Å². The topological polar surface area (TPSA) is 40.5 Å². The molecule has 2 N–H and O–H groups in total. The van der Waals surface area contributed by atoms with Gasteiger partial charge in [0, 0.05) is 0 Å². The molecule has 2 rings (SSSR count). The van der Waals surface area contributed by atoms with E-state index in [2.05, 4.69) is 40.3 Å². The van der Waals surface area contributed by atoms with Gasteiger partial charge in [0.05, 0.1) is 11.7 Å². The SMILES string of the molecule is C=CC(C)(O)CC[C@@]1(C)C(C)CC[C@@]2(C)C(C)=CC(O)C[C@@H]21. The van der Waals surface area contributed by atoms with Crippen molar-refractivity contribution in [2.45, 2.75) is 78.4 Å². The third-order valence-corrected chi connectivity index (χ3v) is 7.22. The van der Waals surface area contributed by atoms with E-state index in [1.54, 1.807) is 6.08 Å². The molecule has 2 heteroatoms. The van der Waals surface area contributed by atoms with Crippen LogP contribution in [-0.4, -0.2) is 21.9 Å². The molecule has 0 aromatic rings. The van der Waals surface area contributed by atoms with Crippen molar-refractivity contribution in [3.63, 3.8) is 0 Å². The Hall–Kier alpha value is -0.600. The van der Waals surface area contributed by atoms with Crippen LogP contribution in [0, 0.1) is 22.7 Å². The summed E-state index contributed by atoms with van der Waals surface area (Å²) >= 11 is 0. The molecule has 0 aliphatic heterocycles. The van der Waals surface area contributed by atoms with Gasteiger partial charge < -0.3 is 10.2 Å². The van der Waals surface area contributed by atoms with Gasteiger partial charge >= 0.3 is 0 Å². The second-order valence-electron chi connectivity index (χ2n) is 8.63. The molecule has 1 saturated carbocycles. The van der Waals surface area contributed by atoms with Crippen molar-refractivity contribution in [2.75, 3.05) is 0 Å². The van der Waals surface area contributed by atoms with Gasteiger partial charge in [-0.05, 0) is 68.6 Å². The lowest BCUT2D eigenvalue weighted by atomic mass is 9.46. The maximum absolute atomic E-state index is 10.3. The number of rotatable bonds is 4. The van der Waals surface area contributed by atoms with Crippen LogP contribution in [0.5, 0.6) is 0 Å². The van der Waals surface area contributed by atoms with Gasteiger partial charge in [-0.1, -0.05) is 38.5 Å². The molecule has 2 nitrogen and oxygen atoms in total. The van der Waals surface area contributed by atoms with Crippen LogP contribution in [0.25, 0.3) is 0 Å². The van der Waals surface area contributed by atoms with Gasteiger partial charge in [-0.25, -0.2) is 0 Å². The maximum Gasteiger partial charge on any atom is 0.0797 e. The Balaban J connectivity index is 2.32. The van der Waals surface area contributed by atoms with Crippen LogP contribution in [0.4, 0.5) is 0 Å². The molecule has 2 aliphatic rings. The molecule has 2 aliphatic carbocycles. The highest BCUT2D eigenvalue weighted by Gasteiger charge is 2.54. The third-order valence-electron chi connectivity index (χ3n) is 7.22. The van der Waals surface area contributed by atoms with Gasteiger partial charge in [0.1, 0.15) is 0 Å². The van der Waals surface area contributed by atoms with E-state index in [0.717, 1.165) is 19.3 Å². The van der Waals surface area contributed by atoms with Crippen molar-refractivity contribution in [3.05, 3.63) is 24.3 Å². The van der Waals surface area contributed by atoms with Crippen molar-refractivity contribution < 1.29 is 10.2 Å². The summed E-state index contributed by atoms with van der Waals surface area (Å²) in [6.45, 7) is 14.9. The number of hydrogen-bond donors (Lipinski definition) is 2. The molecule has 0 aromatic carbocycles. The second-order valence-corrected chi connectivity index (χ2v) is 8.63. The minimum absolute atomic E-state index is 0.149. The summed E-state index contributed by atoms with van der Waals surface area (Å²) in [6, 6.07) is 0. The number of hydrogen-bond acceptors (Lipinski definition) is 2. The zero-order chi connectivity index (χ0) is 16.8. The molecule has 126 valence electrons. The summed E-state index contributed by atoms with van der Waals surface area (Å²) in [5, 5.41) is 20.6. The average Bonchev–Trinajstić information content (AvgIpc) is 2.45. The van der Waals surface area contributed by atoms with Crippen LogP contribution in [0.15, 0.2) is 24.3 Å². The number of aliphatic hydroxyl groups is 2. The quantitative estimate of drug-likeness (QED) is 0.752. The van der Waals surface area contributed by atoms with Gasteiger partial charge in [-0.2, -0.15) is 0 Å². The highest BCUT2D eigenvalue weighted by molar-refractivity contribution is 5.23. The Morgan fingerprint density at radius 3 is 2.68 bits per heavy atom. The Morgan fingerprint density at radius 2 is 2.09 bits per heavy atom. The maximum atomic E-state index is 10.3. The molecule has 0 radical (unpaired) electrons. The van der Waals surface area contributed by atoms with E-state index >= 15 is 0 Å². The molecule has 3 unspecified atom stereocenters. The number of fused-ring (bicyclic) bond motifs is 1. The first-order valence-electron chi connectivity index (χ1n) is 8.78. The van der Waals surface area contributed by atoms with Gasteiger partial charge in [-0.15, -0.1) is 6.58 Å². The van der Waals surface area contributed by atoms with Crippen LogP contribution in [0.1, 0.15) is 66.7 Å². The van der Waals surface area contributed by atoms with E-state index in [9.17, 15) is 10.2 Å². The molecule has 0 bridgehead atoms. The van der Waals surface area contributed by atoms with Gasteiger partial charge in [0.25, 0.3) is 0 Å². The average molecular weight is 306 g/mol. The summed E-state index contributed by atoms with van der Waals surface area (Å²) in [7, 11) is 0. The summed E-state index contributed by atoms with van der Waals surface area (Å²) < 4.78 is 0. The van der Waals surface area contributed by atoms with Crippen LogP contribution in [0.3, 0.4) is 0 Å². The Morgan fingerprint density at radius 1 is 1.45 bits per heavy atom. The molecule has 1 fully saturated rings. The van der Waals surface area contributed by atoms with Crippen molar-refractivity contribution in [2.24, 2.45) is 22.7 Å². The zero-order valence-corrected chi connectivity index (χ0v) is 15.0. The van der Waals surface area contributed by atoms with E-state index in [1.165, 1.54) is 18.4 Å². The lowest BCUT2D eigenvalue weighted by molar-refractivity contribution is -0.0740. The Kier molecular flexibility index (Phi) is 4.68. The largest absolute Gasteiger partial charge is 0.389 e. The highest BCUT2D eigenvalue weighted by Crippen LogP contribution is 2.62. The van der Waals surface area contributed by atoms with Gasteiger partial charge in [0.15, 0.2) is 0 Å². The highest BCUT2D eigenvalue weighted by atomic mass is 16.3. The fourth-order valence-electron chi connectivity index (χ4n) is 4.93. The first kappa shape index (κ1) is 17.7. The predicted molar refractivity (Wildman–Crippen MR) is 92.5 cm³/mol. The van der Waals surface area contributed by atoms with Crippen LogP contribution in [0.2, 0.25) is 0 Å². The number of aliphatic hydroxyl groups excluding tert-OH is 1. The minimum Gasteiger partial charge on any atom is -0.389 e. The van der Waals surface area contributed by atoms with E-state index in [4.69, 9.17) is 0 Å². The summed E-state index contributed by atoms with van der Waals surface area (Å²) in [6.07, 6.45) is 8.41. The fraction of sp³-hybridized carbons (Fsp3) is 0.800. The van der Waals surface area contributed by atoms with E-state index in [0.29, 0.717) is 11.8 Å². The lowest BCUT2D eigenvalue weighted by Crippen LogP contribution is -2.52. The van der Waals surface area contributed by atoms with Crippen LogP contribution < -0.4 is 0 Å². The normalized spacial score (nSPS) is 44.7.